The van der Waals surface area contributed by atoms with Crippen LogP contribution in [0.25, 0.3) is 0 Å². The van der Waals surface area contributed by atoms with Crippen LogP contribution in [0.4, 0.5) is 0 Å². The molecule has 2 atom stereocenters. The lowest BCUT2D eigenvalue weighted by Crippen LogP contribution is -2.44. The summed E-state index contributed by atoms with van der Waals surface area (Å²) in [5.74, 6) is 2.45. The van der Waals surface area contributed by atoms with Crippen LogP contribution in [0.3, 0.4) is 0 Å². The minimum absolute atomic E-state index is 0. The lowest BCUT2D eigenvalue weighted by atomic mass is 10.0. The van der Waals surface area contributed by atoms with Gasteiger partial charge in [-0.05, 0) is 51.0 Å². The molecule has 2 heterocycles. The highest BCUT2D eigenvalue weighted by Crippen LogP contribution is 2.24. The zero-order valence-corrected chi connectivity index (χ0v) is 20.8. The molecule has 3 N–H and O–H groups in total. The summed E-state index contributed by atoms with van der Waals surface area (Å²) in [6, 6.07) is 9.71. The normalized spacial score (nSPS) is 18.2. The number of aryl methyl sites for hydroxylation is 1. The van der Waals surface area contributed by atoms with Gasteiger partial charge in [0.1, 0.15) is 17.1 Å². The number of furan rings is 1. The molecule has 0 amide bonds. The van der Waals surface area contributed by atoms with E-state index in [0.717, 1.165) is 36.5 Å². The predicted molar refractivity (Wildman–Crippen MR) is 132 cm³/mol. The molecule has 8 heteroatoms. The van der Waals surface area contributed by atoms with Crippen LogP contribution >= 0.6 is 24.0 Å². The number of hydrogen-bond donors (Lipinski definition) is 3. The minimum Gasteiger partial charge on any atom is -0.493 e. The van der Waals surface area contributed by atoms with Crippen molar-refractivity contribution in [2.75, 3.05) is 32.9 Å². The van der Waals surface area contributed by atoms with Gasteiger partial charge in [-0.25, -0.2) is 4.99 Å². The van der Waals surface area contributed by atoms with Gasteiger partial charge in [0.15, 0.2) is 5.96 Å². The monoisotopic (exact) mass is 543 g/mol. The number of aliphatic hydroxyl groups is 1. The molecule has 7 nitrogen and oxygen atoms in total. The number of halogens is 1. The Bertz CT molecular complexity index is 818. The van der Waals surface area contributed by atoms with E-state index in [1.165, 1.54) is 0 Å². The topological polar surface area (TPSA) is 88.3 Å². The maximum absolute atomic E-state index is 10.7. The van der Waals surface area contributed by atoms with E-state index in [2.05, 4.69) is 40.7 Å². The van der Waals surface area contributed by atoms with E-state index in [4.69, 9.17) is 13.9 Å². The van der Waals surface area contributed by atoms with E-state index in [1.54, 1.807) is 25.3 Å². The Labute approximate surface area is 201 Å². The van der Waals surface area contributed by atoms with Gasteiger partial charge < -0.3 is 29.6 Å². The summed E-state index contributed by atoms with van der Waals surface area (Å²) >= 11 is 0. The highest BCUT2D eigenvalue weighted by molar-refractivity contribution is 14.0. The van der Waals surface area contributed by atoms with Crippen molar-refractivity contribution in [2.45, 2.75) is 39.3 Å². The van der Waals surface area contributed by atoms with Gasteiger partial charge in [-0.15, -0.1) is 24.0 Å². The average Bonchev–Trinajstić information content (AvgIpc) is 3.44. The highest BCUT2D eigenvalue weighted by atomic mass is 127. The van der Waals surface area contributed by atoms with Gasteiger partial charge in [0, 0.05) is 24.6 Å². The molecule has 0 radical (unpaired) electrons. The van der Waals surface area contributed by atoms with Crippen LogP contribution in [0.15, 0.2) is 46.0 Å². The first-order chi connectivity index (χ1) is 14.5. The van der Waals surface area contributed by atoms with E-state index in [-0.39, 0.29) is 30.5 Å². The maximum Gasteiger partial charge on any atom is 0.191 e. The fourth-order valence-electron chi connectivity index (χ4n) is 3.28. The first kappa shape index (κ1) is 25.5. The average molecular weight is 543 g/mol. The number of rotatable bonds is 9. The molecule has 172 valence electrons. The molecule has 1 aliphatic heterocycles. The Balaban J connectivity index is 0.00000341. The molecule has 1 saturated heterocycles. The molecule has 31 heavy (non-hydrogen) atoms. The third-order valence-electron chi connectivity index (χ3n) is 5.12. The smallest absolute Gasteiger partial charge is 0.191 e. The molecule has 1 aliphatic rings. The number of guanidine groups is 1. The predicted octanol–water partition coefficient (Wildman–Crippen LogP) is 3.58. The Morgan fingerprint density at radius 2 is 2.16 bits per heavy atom. The first-order valence-corrected chi connectivity index (χ1v) is 10.6. The SMILES string of the molecule is CCNC(=NCc1ccc(C)cc1OCC1CCOC1)NCC(C)(O)c1ccco1.I. The van der Waals surface area contributed by atoms with Crippen molar-refractivity contribution in [1.82, 2.24) is 10.6 Å². The first-order valence-electron chi connectivity index (χ1n) is 10.6. The van der Waals surface area contributed by atoms with Gasteiger partial charge in [-0.2, -0.15) is 0 Å². The van der Waals surface area contributed by atoms with Crippen molar-refractivity contribution in [3.8, 4) is 5.75 Å². The van der Waals surface area contributed by atoms with Crippen LogP contribution in [-0.4, -0.2) is 44.0 Å². The third-order valence-corrected chi connectivity index (χ3v) is 5.12. The molecule has 2 unspecified atom stereocenters. The lowest BCUT2D eigenvalue weighted by Gasteiger charge is -2.22. The molecule has 1 aromatic heterocycles. The van der Waals surface area contributed by atoms with E-state index in [0.29, 0.717) is 37.3 Å². The van der Waals surface area contributed by atoms with Gasteiger partial charge in [0.05, 0.1) is 32.6 Å². The molecular weight excluding hydrogens is 509 g/mol. The number of hydrogen-bond acceptors (Lipinski definition) is 5. The van der Waals surface area contributed by atoms with Crippen LogP contribution in [0.1, 0.15) is 37.2 Å². The highest BCUT2D eigenvalue weighted by Gasteiger charge is 2.26. The number of aliphatic imine (C=N–C) groups is 1. The Hall–Kier alpha value is -1.78. The van der Waals surface area contributed by atoms with Crippen LogP contribution < -0.4 is 15.4 Å². The second kappa shape index (κ2) is 12.3. The summed E-state index contributed by atoms with van der Waals surface area (Å²) in [6.45, 7) is 9.47. The second-order valence-electron chi connectivity index (χ2n) is 7.95. The maximum atomic E-state index is 10.7. The van der Waals surface area contributed by atoms with Crippen LogP contribution in [0, 0.1) is 12.8 Å². The summed E-state index contributed by atoms with van der Waals surface area (Å²) in [7, 11) is 0. The van der Waals surface area contributed by atoms with Crippen molar-refractivity contribution < 1.29 is 19.0 Å². The number of nitrogens with zero attached hydrogens (tertiary/aromatic N) is 1. The van der Waals surface area contributed by atoms with Crippen molar-refractivity contribution in [3.63, 3.8) is 0 Å². The molecule has 1 aromatic carbocycles. The standard InChI is InChI=1S/C23H33N3O4.HI/c1-4-24-22(26-16-23(3,27)21-6-5-10-29-21)25-13-19-8-7-17(2)12-20(19)30-15-18-9-11-28-14-18;/h5-8,10,12,18,27H,4,9,11,13-16H2,1-3H3,(H2,24,25,26);1H. The Morgan fingerprint density at radius 3 is 2.84 bits per heavy atom. The zero-order chi connectivity index (χ0) is 21.4. The van der Waals surface area contributed by atoms with Gasteiger partial charge in [0.2, 0.25) is 0 Å². The van der Waals surface area contributed by atoms with Crippen molar-refractivity contribution in [1.29, 1.82) is 0 Å². The molecule has 3 rings (SSSR count). The fraction of sp³-hybridized carbons (Fsp3) is 0.522. The second-order valence-corrected chi connectivity index (χ2v) is 7.95. The largest absolute Gasteiger partial charge is 0.493 e. The molecule has 1 fully saturated rings. The Morgan fingerprint density at radius 1 is 1.32 bits per heavy atom. The van der Waals surface area contributed by atoms with Gasteiger partial charge in [-0.3, -0.25) is 0 Å². The summed E-state index contributed by atoms with van der Waals surface area (Å²) in [5, 5.41) is 17.1. The molecule has 0 bridgehead atoms. The summed E-state index contributed by atoms with van der Waals surface area (Å²) in [4.78, 5) is 4.69. The van der Waals surface area contributed by atoms with Crippen LogP contribution in [-0.2, 0) is 16.9 Å². The van der Waals surface area contributed by atoms with E-state index >= 15 is 0 Å². The molecule has 0 saturated carbocycles. The van der Waals surface area contributed by atoms with Crippen molar-refractivity contribution in [2.24, 2.45) is 10.9 Å². The van der Waals surface area contributed by atoms with E-state index in [9.17, 15) is 5.11 Å². The number of nitrogens with one attached hydrogen (secondary N) is 2. The van der Waals surface area contributed by atoms with Gasteiger partial charge >= 0.3 is 0 Å². The summed E-state index contributed by atoms with van der Waals surface area (Å²) in [6.07, 6.45) is 2.60. The van der Waals surface area contributed by atoms with Crippen LogP contribution in [0.5, 0.6) is 5.75 Å². The fourth-order valence-corrected chi connectivity index (χ4v) is 3.28. The molecule has 0 aliphatic carbocycles. The number of ether oxygens (including phenoxy) is 2. The van der Waals surface area contributed by atoms with Crippen LogP contribution in [0.2, 0.25) is 0 Å². The third kappa shape index (κ3) is 7.69. The number of benzene rings is 1. The summed E-state index contributed by atoms with van der Waals surface area (Å²) in [5.41, 5.74) is 1.04. The van der Waals surface area contributed by atoms with E-state index < -0.39 is 5.60 Å². The van der Waals surface area contributed by atoms with E-state index in [1.807, 2.05) is 6.92 Å². The lowest BCUT2D eigenvalue weighted by molar-refractivity contribution is 0.0386. The summed E-state index contributed by atoms with van der Waals surface area (Å²) < 4.78 is 16.9. The molecule has 2 aromatic rings. The molecular formula is C23H34IN3O4. The molecule has 0 spiro atoms. The Kier molecular flexibility index (Phi) is 10.1. The van der Waals surface area contributed by atoms with Gasteiger partial charge in [-0.1, -0.05) is 12.1 Å². The zero-order valence-electron chi connectivity index (χ0n) is 18.5. The van der Waals surface area contributed by atoms with Crippen molar-refractivity contribution >= 4 is 29.9 Å². The minimum atomic E-state index is -1.14. The van der Waals surface area contributed by atoms with Gasteiger partial charge in [0.25, 0.3) is 0 Å². The van der Waals surface area contributed by atoms with Crippen molar-refractivity contribution in [3.05, 3.63) is 53.5 Å². The quantitative estimate of drug-likeness (QED) is 0.255.